The van der Waals surface area contributed by atoms with Gasteiger partial charge in [-0.25, -0.2) is 4.39 Å². The molecule has 0 radical (unpaired) electrons. The molecule has 1 amide bonds. The number of likely N-dealkylation sites (tertiary alicyclic amines) is 1. The zero-order valence-electron chi connectivity index (χ0n) is 23.7. The van der Waals surface area contributed by atoms with Crippen LogP contribution in [0.3, 0.4) is 0 Å². The van der Waals surface area contributed by atoms with Crippen LogP contribution in [0.15, 0.2) is 42.5 Å². The number of carbonyl (C=O) groups is 1. The Hall–Kier alpha value is -3.95. The number of piperidine rings is 1. The molecule has 4 N–H and O–H groups in total. The number of aromatic nitrogens is 1. The summed E-state index contributed by atoms with van der Waals surface area (Å²) in [4.78, 5) is 14.3. The fourth-order valence-electron chi connectivity index (χ4n) is 4.89. The van der Waals surface area contributed by atoms with E-state index < -0.39 is 31.0 Å². The van der Waals surface area contributed by atoms with Crippen LogP contribution in [0.25, 0.3) is 10.9 Å². The average Bonchev–Trinajstić information content (AvgIpc) is 3.28. The molecule has 8 nitrogen and oxygen atoms in total. The van der Waals surface area contributed by atoms with Crippen molar-refractivity contribution in [2.75, 3.05) is 51.0 Å². The standard InChI is InChI=1S/C30H35F4N5O3/c1-19(17-40)36-29(41)20-9-10-26(28(14-20)42-3)35-12-5-6-21-15-22-24(37-25-11-13-38(2)16-23(25)31)7-4-8-27(22)39(21)18-30(32,33)34/h4,7-10,14-15,19,23,25,35,37,40H,11-13,16-18H2,1-3H3,(H,36,41)/t19-,23+,25-/m1/s1. The third kappa shape index (κ3) is 7.66. The number of hydrogen-bond donors (Lipinski definition) is 4. The molecule has 0 spiro atoms. The first-order chi connectivity index (χ1) is 20.0. The minimum Gasteiger partial charge on any atom is -0.495 e. The van der Waals surface area contributed by atoms with Gasteiger partial charge in [0.2, 0.25) is 0 Å². The lowest BCUT2D eigenvalue weighted by Gasteiger charge is -2.33. The summed E-state index contributed by atoms with van der Waals surface area (Å²) in [5, 5.41) is 18.6. The summed E-state index contributed by atoms with van der Waals surface area (Å²) >= 11 is 0. The molecule has 42 heavy (non-hydrogen) atoms. The zero-order valence-corrected chi connectivity index (χ0v) is 23.7. The zero-order chi connectivity index (χ0) is 30.4. The Balaban J connectivity index is 1.55. The number of halogens is 4. The van der Waals surface area contributed by atoms with E-state index in [1.807, 2.05) is 11.9 Å². The first-order valence-corrected chi connectivity index (χ1v) is 13.6. The van der Waals surface area contributed by atoms with E-state index in [1.165, 1.54) is 13.2 Å². The van der Waals surface area contributed by atoms with E-state index in [2.05, 4.69) is 27.8 Å². The van der Waals surface area contributed by atoms with Gasteiger partial charge < -0.3 is 35.3 Å². The number of nitrogens with zero attached hydrogens (tertiary/aromatic N) is 2. The first-order valence-electron chi connectivity index (χ1n) is 13.6. The highest BCUT2D eigenvalue weighted by Crippen LogP contribution is 2.32. The summed E-state index contributed by atoms with van der Waals surface area (Å²) in [6.45, 7) is 1.35. The Morgan fingerprint density at radius 3 is 2.69 bits per heavy atom. The number of carbonyl (C=O) groups excluding carboxylic acids is 1. The Bertz CT molecular complexity index is 1460. The molecular weight excluding hydrogens is 554 g/mol. The molecule has 4 rings (SSSR count). The van der Waals surface area contributed by atoms with Gasteiger partial charge in [-0.2, -0.15) is 13.2 Å². The number of nitrogens with one attached hydrogen (secondary N) is 3. The third-order valence-corrected chi connectivity index (χ3v) is 7.07. The lowest BCUT2D eigenvalue weighted by atomic mass is 10.0. The van der Waals surface area contributed by atoms with Crippen LogP contribution in [0, 0.1) is 11.8 Å². The number of rotatable bonds is 9. The van der Waals surface area contributed by atoms with Gasteiger partial charge in [0.15, 0.2) is 0 Å². The van der Waals surface area contributed by atoms with Gasteiger partial charge in [0, 0.05) is 35.8 Å². The molecule has 12 heteroatoms. The van der Waals surface area contributed by atoms with Crippen molar-refractivity contribution >= 4 is 28.2 Å². The molecule has 1 aliphatic heterocycles. The van der Waals surface area contributed by atoms with E-state index in [4.69, 9.17) is 9.84 Å². The summed E-state index contributed by atoms with van der Waals surface area (Å²) in [5.41, 5.74) is 1.97. The molecule has 1 fully saturated rings. The fourth-order valence-corrected chi connectivity index (χ4v) is 4.89. The first kappa shape index (κ1) is 31.0. The minimum absolute atomic E-state index is 0.0845. The maximum Gasteiger partial charge on any atom is 0.406 e. The number of methoxy groups -OCH3 is 1. The summed E-state index contributed by atoms with van der Waals surface area (Å²) < 4.78 is 61.9. The second-order valence-electron chi connectivity index (χ2n) is 10.4. The van der Waals surface area contributed by atoms with Crippen molar-refractivity contribution < 1.29 is 32.2 Å². The number of aliphatic hydroxyl groups is 1. The molecule has 0 unspecified atom stereocenters. The predicted molar refractivity (Wildman–Crippen MR) is 155 cm³/mol. The summed E-state index contributed by atoms with van der Waals surface area (Å²) in [6.07, 6.45) is -5.00. The van der Waals surface area contributed by atoms with Crippen LogP contribution in [0.2, 0.25) is 0 Å². The van der Waals surface area contributed by atoms with Gasteiger partial charge in [0.25, 0.3) is 5.91 Å². The number of alkyl halides is 4. The number of hydrogen-bond acceptors (Lipinski definition) is 6. The van der Waals surface area contributed by atoms with Gasteiger partial charge in [-0.1, -0.05) is 12.0 Å². The quantitative estimate of drug-likeness (QED) is 0.221. The molecule has 1 aliphatic rings. The van der Waals surface area contributed by atoms with Crippen LogP contribution in [-0.4, -0.2) is 85.3 Å². The Morgan fingerprint density at radius 1 is 1.21 bits per heavy atom. The molecule has 0 aliphatic carbocycles. The van der Waals surface area contributed by atoms with E-state index >= 15 is 0 Å². The van der Waals surface area contributed by atoms with Gasteiger partial charge in [-0.05, 0) is 62.7 Å². The second kappa shape index (κ2) is 13.4. The van der Waals surface area contributed by atoms with Crippen LogP contribution in [0.4, 0.5) is 28.9 Å². The van der Waals surface area contributed by atoms with Crippen molar-refractivity contribution in [1.29, 1.82) is 0 Å². The lowest BCUT2D eigenvalue weighted by molar-refractivity contribution is -0.140. The number of aliphatic hydroxyl groups excluding tert-OH is 1. The van der Waals surface area contributed by atoms with Crippen LogP contribution in [0.1, 0.15) is 29.4 Å². The highest BCUT2D eigenvalue weighted by molar-refractivity contribution is 5.95. The maximum atomic E-state index is 14.7. The van der Waals surface area contributed by atoms with Gasteiger partial charge in [0.1, 0.15) is 18.5 Å². The van der Waals surface area contributed by atoms with Gasteiger partial charge in [-0.3, -0.25) is 4.79 Å². The van der Waals surface area contributed by atoms with E-state index in [-0.39, 0.29) is 31.3 Å². The minimum atomic E-state index is -4.47. The Kier molecular flexibility index (Phi) is 9.85. The highest BCUT2D eigenvalue weighted by atomic mass is 19.4. The van der Waals surface area contributed by atoms with Crippen molar-refractivity contribution in [2.45, 2.75) is 44.3 Å². The molecule has 0 bridgehead atoms. The van der Waals surface area contributed by atoms with Crippen LogP contribution in [-0.2, 0) is 6.54 Å². The smallest absolute Gasteiger partial charge is 0.406 e. The summed E-state index contributed by atoms with van der Waals surface area (Å²) in [5.74, 6) is 5.73. The molecule has 0 saturated carbocycles. The molecule has 1 aromatic heterocycles. The Morgan fingerprint density at radius 2 is 2.00 bits per heavy atom. The largest absolute Gasteiger partial charge is 0.495 e. The third-order valence-electron chi connectivity index (χ3n) is 7.07. The molecular formula is C30H35F4N5O3. The van der Waals surface area contributed by atoms with Crippen molar-refractivity contribution in [3.63, 3.8) is 0 Å². The predicted octanol–water partition coefficient (Wildman–Crippen LogP) is 4.24. The topological polar surface area (TPSA) is 90.8 Å². The number of amides is 1. The van der Waals surface area contributed by atoms with Crippen molar-refractivity contribution in [2.24, 2.45) is 0 Å². The molecule has 2 aromatic carbocycles. The summed E-state index contributed by atoms with van der Waals surface area (Å²) in [6, 6.07) is 10.5. The van der Waals surface area contributed by atoms with E-state index in [0.717, 1.165) is 11.1 Å². The van der Waals surface area contributed by atoms with Crippen LogP contribution in [0.5, 0.6) is 5.75 Å². The lowest BCUT2D eigenvalue weighted by Crippen LogP contribution is -2.46. The van der Waals surface area contributed by atoms with Crippen molar-refractivity contribution in [3.05, 3.63) is 53.7 Å². The highest BCUT2D eigenvalue weighted by Gasteiger charge is 2.31. The molecule has 3 atom stereocenters. The monoisotopic (exact) mass is 589 g/mol. The second-order valence-corrected chi connectivity index (χ2v) is 10.4. The SMILES string of the molecule is COc1cc(C(=O)N[C@H](C)CO)ccc1NCC#Cc1cc2c(N[C@@H]3CCN(C)C[C@@H]3F)cccc2n1CC(F)(F)F. The normalized spacial score (nSPS) is 18.2. The van der Waals surface area contributed by atoms with Crippen molar-refractivity contribution in [3.8, 4) is 17.6 Å². The van der Waals surface area contributed by atoms with Crippen molar-refractivity contribution in [1.82, 2.24) is 14.8 Å². The van der Waals surface area contributed by atoms with Crippen LogP contribution < -0.4 is 20.7 Å². The Labute approximate surface area is 242 Å². The molecule has 3 aromatic rings. The van der Waals surface area contributed by atoms with E-state index in [9.17, 15) is 22.4 Å². The average molecular weight is 590 g/mol. The number of anilines is 2. The van der Waals surface area contributed by atoms with Gasteiger partial charge in [-0.15, -0.1) is 0 Å². The van der Waals surface area contributed by atoms with Gasteiger partial charge >= 0.3 is 6.18 Å². The molecule has 226 valence electrons. The van der Waals surface area contributed by atoms with E-state index in [0.29, 0.717) is 40.0 Å². The number of ether oxygens (including phenoxy) is 1. The molecule has 1 saturated heterocycles. The van der Waals surface area contributed by atoms with Gasteiger partial charge in [0.05, 0.1) is 43.2 Å². The molecule has 2 heterocycles. The van der Waals surface area contributed by atoms with E-state index in [1.54, 1.807) is 43.3 Å². The number of fused-ring (bicyclic) bond motifs is 1. The number of benzene rings is 2. The summed E-state index contributed by atoms with van der Waals surface area (Å²) in [7, 11) is 3.30. The fraction of sp³-hybridized carbons (Fsp3) is 0.433. The van der Waals surface area contributed by atoms with Crippen LogP contribution >= 0.6 is 0 Å². The maximum absolute atomic E-state index is 14.7.